The summed E-state index contributed by atoms with van der Waals surface area (Å²) in [6.45, 7) is 7.51. The van der Waals surface area contributed by atoms with Crippen LogP contribution in [0.4, 0.5) is 0 Å². The van der Waals surface area contributed by atoms with Gasteiger partial charge in [0.05, 0.1) is 5.41 Å². The number of hydrogen-bond acceptors (Lipinski definition) is 5. The molecule has 0 aromatic heterocycles. The summed E-state index contributed by atoms with van der Waals surface area (Å²) in [5.74, 6) is 1.19. The second-order valence-electron chi connectivity index (χ2n) is 10.1. The minimum absolute atomic E-state index is 0.0508. The van der Waals surface area contributed by atoms with Gasteiger partial charge in [-0.1, -0.05) is 12.5 Å². The van der Waals surface area contributed by atoms with E-state index in [-0.39, 0.29) is 23.0 Å². The first kappa shape index (κ1) is 20.5. The molecule has 4 rings (SSSR count). The van der Waals surface area contributed by atoms with Crippen molar-refractivity contribution in [2.45, 2.75) is 72.3 Å². The van der Waals surface area contributed by atoms with E-state index in [1.165, 1.54) is 13.0 Å². The summed E-state index contributed by atoms with van der Waals surface area (Å²) in [6.07, 6.45) is 7.73. The summed E-state index contributed by atoms with van der Waals surface area (Å²) in [6, 6.07) is 0. The maximum Gasteiger partial charge on any atom is 0.339 e. The number of Topliss-reactive ketones (excluding diaryl/α,β-unsaturated/α-hetero) is 1. The van der Waals surface area contributed by atoms with Crippen LogP contribution in [0.5, 0.6) is 0 Å². The predicted octanol–water partition coefficient (Wildman–Crippen LogP) is 3.75. The van der Waals surface area contributed by atoms with Gasteiger partial charge in [-0.15, -0.1) is 0 Å². The number of hydrogen-bond donors (Lipinski definition) is 1. The van der Waals surface area contributed by atoms with Crippen molar-refractivity contribution in [2.24, 2.45) is 34.5 Å². The Balaban J connectivity index is 1.70. The van der Waals surface area contributed by atoms with Gasteiger partial charge in [-0.2, -0.15) is 0 Å². The molecule has 5 heteroatoms. The highest BCUT2D eigenvalue weighted by atomic mass is 16.6. The van der Waals surface area contributed by atoms with E-state index in [1.807, 2.05) is 0 Å². The third kappa shape index (κ3) is 2.96. The van der Waals surface area contributed by atoms with Gasteiger partial charge in [-0.05, 0) is 88.5 Å². The highest BCUT2D eigenvalue weighted by Gasteiger charge is 2.61. The Kier molecular flexibility index (Phi) is 4.88. The molecule has 0 aromatic rings. The standard InChI is InChI=1S/C24H32O5/c1-13(25)18-7-8-19-17-6-5-15-11-16(27)12-21(29-22(28)14(2)26)24(15,4)20(17)9-10-23(18,19)3/h11-12,14,17-20,26H,5-10H2,1-4H3/t14?,17-,18+,19-,20-,23+,24-/m0/s1. The van der Waals surface area contributed by atoms with Crippen molar-refractivity contribution in [3.05, 3.63) is 23.5 Å². The first-order valence-electron chi connectivity index (χ1n) is 11.0. The van der Waals surface area contributed by atoms with Crippen molar-refractivity contribution in [3.63, 3.8) is 0 Å². The largest absolute Gasteiger partial charge is 0.428 e. The zero-order valence-corrected chi connectivity index (χ0v) is 17.9. The van der Waals surface area contributed by atoms with Crippen LogP contribution >= 0.6 is 0 Å². The van der Waals surface area contributed by atoms with E-state index in [9.17, 15) is 19.5 Å². The van der Waals surface area contributed by atoms with Crippen molar-refractivity contribution in [3.8, 4) is 0 Å². The summed E-state index contributed by atoms with van der Waals surface area (Å²) in [7, 11) is 0. The lowest BCUT2D eigenvalue weighted by atomic mass is 9.47. The minimum atomic E-state index is -1.23. The van der Waals surface area contributed by atoms with Gasteiger partial charge in [0, 0.05) is 12.0 Å². The maximum atomic E-state index is 12.3. The number of aliphatic hydroxyl groups excluding tert-OH is 1. The van der Waals surface area contributed by atoms with Crippen LogP contribution in [0.25, 0.3) is 0 Å². The topological polar surface area (TPSA) is 80.7 Å². The van der Waals surface area contributed by atoms with E-state index >= 15 is 0 Å². The highest BCUT2D eigenvalue weighted by molar-refractivity contribution is 6.02. The zero-order valence-electron chi connectivity index (χ0n) is 17.9. The Morgan fingerprint density at radius 3 is 2.52 bits per heavy atom. The summed E-state index contributed by atoms with van der Waals surface area (Å²) in [5, 5.41) is 9.63. The van der Waals surface area contributed by atoms with Gasteiger partial charge >= 0.3 is 5.97 Å². The molecule has 3 fully saturated rings. The molecule has 3 saturated carbocycles. The van der Waals surface area contributed by atoms with E-state index in [0.29, 0.717) is 23.4 Å². The number of ether oxygens (including phenoxy) is 1. The fraction of sp³-hybridized carbons (Fsp3) is 0.708. The van der Waals surface area contributed by atoms with Gasteiger partial charge in [0.25, 0.3) is 0 Å². The second-order valence-corrected chi connectivity index (χ2v) is 10.1. The van der Waals surface area contributed by atoms with Crippen molar-refractivity contribution >= 4 is 17.5 Å². The van der Waals surface area contributed by atoms with Gasteiger partial charge in [0.1, 0.15) is 17.6 Å². The average Bonchev–Trinajstić information content (AvgIpc) is 3.00. The molecule has 4 aliphatic carbocycles. The molecular weight excluding hydrogens is 368 g/mol. The van der Waals surface area contributed by atoms with Crippen molar-refractivity contribution in [2.75, 3.05) is 0 Å². The van der Waals surface area contributed by atoms with Crippen LogP contribution in [-0.4, -0.2) is 28.7 Å². The Bertz CT molecular complexity index is 821. The number of rotatable bonds is 3. The van der Waals surface area contributed by atoms with Crippen LogP contribution in [0.3, 0.4) is 0 Å². The Labute approximate surface area is 172 Å². The Morgan fingerprint density at radius 2 is 1.86 bits per heavy atom. The van der Waals surface area contributed by atoms with Gasteiger partial charge in [-0.3, -0.25) is 9.59 Å². The molecule has 0 heterocycles. The Morgan fingerprint density at radius 1 is 1.14 bits per heavy atom. The van der Waals surface area contributed by atoms with Gasteiger partial charge in [-0.25, -0.2) is 4.79 Å². The number of carbonyl (C=O) groups excluding carboxylic acids is 3. The molecule has 158 valence electrons. The smallest absolute Gasteiger partial charge is 0.339 e. The minimum Gasteiger partial charge on any atom is -0.428 e. The van der Waals surface area contributed by atoms with Crippen molar-refractivity contribution in [1.82, 2.24) is 0 Å². The predicted molar refractivity (Wildman–Crippen MR) is 108 cm³/mol. The van der Waals surface area contributed by atoms with E-state index in [0.717, 1.165) is 44.1 Å². The molecule has 0 saturated heterocycles. The first-order chi connectivity index (χ1) is 13.6. The Hall–Kier alpha value is -1.75. The SMILES string of the molecule is CC(=O)[C@H]1CC[C@H]2[C@@H]3CCC4=CC(=O)C=C(OC(=O)C(C)O)[C@]4(C)[C@H]3CC[C@]12C. The van der Waals surface area contributed by atoms with Crippen molar-refractivity contribution in [1.29, 1.82) is 0 Å². The summed E-state index contributed by atoms with van der Waals surface area (Å²) >= 11 is 0. The molecule has 5 nitrogen and oxygen atoms in total. The third-order valence-corrected chi connectivity index (χ3v) is 8.74. The fourth-order valence-electron chi connectivity index (χ4n) is 7.28. The lowest BCUT2D eigenvalue weighted by Crippen LogP contribution is -2.52. The normalized spacial score (nSPS) is 42.0. The molecule has 0 aromatic carbocycles. The molecule has 1 unspecified atom stereocenters. The number of carbonyl (C=O) groups is 3. The van der Waals surface area contributed by atoms with E-state index in [4.69, 9.17) is 4.74 Å². The quantitative estimate of drug-likeness (QED) is 0.730. The number of fused-ring (bicyclic) bond motifs is 5. The lowest BCUT2D eigenvalue weighted by molar-refractivity contribution is -0.152. The third-order valence-electron chi connectivity index (χ3n) is 8.74. The molecule has 0 spiro atoms. The summed E-state index contributed by atoms with van der Waals surface area (Å²) < 4.78 is 5.60. The summed E-state index contributed by atoms with van der Waals surface area (Å²) in [4.78, 5) is 36.7. The van der Waals surface area contributed by atoms with E-state index < -0.39 is 17.5 Å². The zero-order chi connectivity index (χ0) is 21.1. The van der Waals surface area contributed by atoms with Crippen LogP contribution < -0.4 is 0 Å². The van der Waals surface area contributed by atoms with Gasteiger partial charge in [0.2, 0.25) is 0 Å². The lowest BCUT2D eigenvalue weighted by Gasteiger charge is -2.57. The molecule has 0 radical (unpaired) electrons. The van der Waals surface area contributed by atoms with Crippen LogP contribution in [0.1, 0.15) is 66.2 Å². The van der Waals surface area contributed by atoms with Crippen LogP contribution in [-0.2, 0) is 19.1 Å². The number of allylic oxidation sites excluding steroid dienone is 3. The van der Waals surface area contributed by atoms with E-state index in [1.54, 1.807) is 13.0 Å². The second kappa shape index (κ2) is 6.90. The van der Waals surface area contributed by atoms with Gasteiger partial charge < -0.3 is 9.84 Å². The molecule has 0 aliphatic heterocycles. The average molecular weight is 401 g/mol. The molecule has 0 amide bonds. The van der Waals surface area contributed by atoms with E-state index in [2.05, 4.69) is 13.8 Å². The first-order valence-corrected chi connectivity index (χ1v) is 11.0. The van der Waals surface area contributed by atoms with Crippen LogP contribution in [0.2, 0.25) is 0 Å². The fourth-order valence-corrected chi connectivity index (χ4v) is 7.28. The summed E-state index contributed by atoms with van der Waals surface area (Å²) in [5.41, 5.74) is 0.594. The number of ketones is 2. The number of aliphatic hydroxyl groups is 1. The maximum absolute atomic E-state index is 12.3. The molecule has 7 atom stereocenters. The molecule has 29 heavy (non-hydrogen) atoms. The monoisotopic (exact) mass is 400 g/mol. The van der Waals surface area contributed by atoms with Gasteiger partial charge in [0.15, 0.2) is 5.78 Å². The molecular formula is C24H32O5. The molecule has 4 aliphatic rings. The number of esters is 1. The molecule has 1 N–H and O–H groups in total. The van der Waals surface area contributed by atoms with Crippen LogP contribution in [0, 0.1) is 34.5 Å². The van der Waals surface area contributed by atoms with Crippen molar-refractivity contribution < 1.29 is 24.2 Å². The highest BCUT2D eigenvalue weighted by Crippen LogP contribution is 2.67. The molecule has 0 bridgehead atoms. The van der Waals surface area contributed by atoms with Crippen LogP contribution in [0.15, 0.2) is 23.5 Å².